The molecule has 11 heteroatoms. The molecule has 0 amide bonds. The molecule has 1 aromatic carbocycles. The Kier molecular flexibility index (Phi) is 3.92. The molecule has 0 fully saturated rings. The highest BCUT2D eigenvalue weighted by atomic mass is 16.6. The van der Waals surface area contributed by atoms with Crippen molar-refractivity contribution in [3.63, 3.8) is 0 Å². The Bertz CT molecular complexity index is 697. The Labute approximate surface area is 118 Å². The van der Waals surface area contributed by atoms with Crippen LogP contribution in [0.5, 0.6) is 11.5 Å². The summed E-state index contributed by atoms with van der Waals surface area (Å²) < 4.78 is 10.0. The van der Waals surface area contributed by atoms with E-state index >= 15 is 0 Å². The van der Waals surface area contributed by atoms with Crippen molar-refractivity contribution in [1.29, 1.82) is 0 Å². The van der Waals surface area contributed by atoms with Gasteiger partial charge in [0.15, 0.2) is 5.75 Å². The molecule has 110 valence electrons. The number of hydrogen-bond donors (Lipinski definition) is 1. The van der Waals surface area contributed by atoms with Gasteiger partial charge in [-0.05, 0) is 16.5 Å². The minimum atomic E-state index is -0.579. The second kappa shape index (κ2) is 5.81. The van der Waals surface area contributed by atoms with Crippen molar-refractivity contribution in [2.45, 2.75) is 0 Å². The summed E-state index contributed by atoms with van der Waals surface area (Å²) in [4.78, 5) is 11.5. The standard InChI is InChI=1S/C10H11N7O4/c1-20-8-4-6(3-7(17(18)19)9(8)21-2)5-12-16-10(11)13-14-15-16/h3-5H,1-2H3,(H2,11,13,15)/b12-5+. The van der Waals surface area contributed by atoms with Crippen molar-refractivity contribution in [1.82, 2.24) is 20.3 Å². The van der Waals surface area contributed by atoms with Crippen LogP contribution in [0.25, 0.3) is 0 Å². The molecule has 2 N–H and O–H groups in total. The van der Waals surface area contributed by atoms with E-state index in [2.05, 4.69) is 20.6 Å². The monoisotopic (exact) mass is 293 g/mol. The Morgan fingerprint density at radius 3 is 2.71 bits per heavy atom. The quantitative estimate of drug-likeness (QED) is 0.463. The average Bonchev–Trinajstić information content (AvgIpc) is 2.89. The van der Waals surface area contributed by atoms with Crippen molar-refractivity contribution < 1.29 is 14.4 Å². The van der Waals surface area contributed by atoms with Crippen molar-refractivity contribution in [2.24, 2.45) is 5.10 Å². The van der Waals surface area contributed by atoms with Gasteiger partial charge in [0.25, 0.3) is 5.95 Å². The number of nitro benzene ring substituents is 1. The van der Waals surface area contributed by atoms with Gasteiger partial charge >= 0.3 is 5.69 Å². The second-order valence-electron chi connectivity index (χ2n) is 3.70. The van der Waals surface area contributed by atoms with Gasteiger partial charge in [-0.3, -0.25) is 10.1 Å². The van der Waals surface area contributed by atoms with Crippen molar-refractivity contribution in [3.8, 4) is 11.5 Å². The van der Waals surface area contributed by atoms with Crippen molar-refractivity contribution >= 4 is 17.9 Å². The molecule has 0 saturated carbocycles. The summed E-state index contributed by atoms with van der Waals surface area (Å²) in [6.45, 7) is 0. The molecule has 0 spiro atoms. The van der Waals surface area contributed by atoms with Crippen LogP contribution in [-0.4, -0.2) is 45.7 Å². The third-order valence-electron chi connectivity index (χ3n) is 2.47. The van der Waals surface area contributed by atoms with Crippen LogP contribution in [0.2, 0.25) is 0 Å². The van der Waals surface area contributed by atoms with Crippen LogP contribution in [0, 0.1) is 10.1 Å². The van der Waals surface area contributed by atoms with Crippen LogP contribution in [0.15, 0.2) is 17.2 Å². The molecular weight excluding hydrogens is 282 g/mol. The van der Waals surface area contributed by atoms with Crippen LogP contribution < -0.4 is 15.2 Å². The highest BCUT2D eigenvalue weighted by Crippen LogP contribution is 2.37. The largest absolute Gasteiger partial charge is 0.493 e. The molecule has 11 nitrogen and oxygen atoms in total. The van der Waals surface area contributed by atoms with Gasteiger partial charge in [-0.1, -0.05) is 9.89 Å². The van der Waals surface area contributed by atoms with Gasteiger partial charge in [-0.25, -0.2) is 0 Å². The molecule has 21 heavy (non-hydrogen) atoms. The number of rotatable bonds is 5. The maximum Gasteiger partial charge on any atom is 0.315 e. The van der Waals surface area contributed by atoms with Crippen LogP contribution in [0.4, 0.5) is 11.6 Å². The normalized spacial score (nSPS) is 10.8. The van der Waals surface area contributed by atoms with Gasteiger partial charge in [0.2, 0.25) is 5.75 Å². The number of aromatic nitrogens is 4. The average molecular weight is 293 g/mol. The van der Waals surface area contributed by atoms with Gasteiger partial charge in [-0.15, -0.1) is 0 Å². The molecule has 0 bridgehead atoms. The minimum Gasteiger partial charge on any atom is -0.493 e. The molecule has 0 aliphatic carbocycles. The highest BCUT2D eigenvalue weighted by Gasteiger charge is 2.21. The van der Waals surface area contributed by atoms with Gasteiger partial charge in [0.05, 0.1) is 25.4 Å². The molecule has 0 atom stereocenters. The van der Waals surface area contributed by atoms with Crippen LogP contribution in [-0.2, 0) is 0 Å². The summed E-state index contributed by atoms with van der Waals surface area (Å²) in [7, 11) is 2.70. The molecule has 0 radical (unpaired) electrons. The maximum atomic E-state index is 11.1. The van der Waals surface area contributed by atoms with E-state index in [1.54, 1.807) is 0 Å². The summed E-state index contributed by atoms with van der Waals surface area (Å²) in [5, 5.41) is 25.2. The first-order valence-corrected chi connectivity index (χ1v) is 5.55. The van der Waals surface area contributed by atoms with E-state index in [9.17, 15) is 10.1 Å². The Balaban J connectivity index is 2.45. The number of nitrogen functional groups attached to an aromatic ring is 1. The Morgan fingerprint density at radius 1 is 1.43 bits per heavy atom. The molecule has 1 aromatic heterocycles. The number of methoxy groups -OCH3 is 2. The van der Waals surface area contributed by atoms with E-state index in [1.807, 2.05) is 0 Å². The first-order chi connectivity index (χ1) is 10.1. The van der Waals surface area contributed by atoms with Crippen LogP contribution in [0.1, 0.15) is 5.56 Å². The summed E-state index contributed by atoms with van der Waals surface area (Å²) >= 11 is 0. The number of nitro groups is 1. The fourth-order valence-corrected chi connectivity index (χ4v) is 1.57. The van der Waals surface area contributed by atoms with Crippen molar-refractivity contribution in [3.05, 3.63) is 27.8 Å². The number of tetrazole rings is 1. The molecule has 2 rings (SSSR count). The lowest BCUT2D eigenvalue weighted by Gasteiger charge is -2.08. The molecule has 1 heterocycles. The Hall–Kier alpha value is -3.24. The molecule has 0 saturated heterocycles. The second-order valence-corrected chi connectivity index (χ2v) is 3.70. The highest BCUT2D eigenvalue weighted by molar-refractivity contribution is 5.83. The number of ether oxygens (including phenoxy) is 2. The van der Waals surface area contributed by atoms with E-state index in [0.29, 0.717) is 5.56 Å². The summed E-state index contributed by atoms with van der Waals surface area (Å²) in [6.07, 6.45) is 1.31. The number of benzene rings is 1. The smallest absolute Gasteiger partial charge is 0.315 e. The predicted octanol–water partition coefficient (Wildman–Crippen LogP) is 0.0629. The summed E-state index contributed by atoms with van der Waals surface area (Å²) in [6, 6.07) is 2.81. The van der Waals surface area contributed by atoms with Gasteiger partial charge in [0.1, 0.15) is 0 Å². The van der Waals surface area contributed by atoms with Crippen LogP contribution in [0.3, 0.4) is 0 Å². The predicted molar refractivity (Wildman–Crippen MR) is 71.4 cm³/mol. The van der Waals surface area contributed by atoms with E-state index in [0.717, 1.165) is 4.79 Å². The van der Waals surface area contributed by atoms with Gasteiger partial charge < -0.3 is 15.2 Å². The summed E-state index contributed by atoms with van der Waals surface area (Å²) in [5.74, 6) is 0.223. The minimum absolute atomic E-state index is 0.0128. The van der Waals surface area contributed by atoms with Crippen LogP contribution >= 0.6 is 0 Å². The number of anilines is 1. The lowest BCUT2D eigenvalue weighted by atomic mass is 10.2. The Morgan fingerprint density at radius 2 is 2.19 bits per heavy atom. The fraction of sp³-hybridized carbons (Fsp3) is 0.200. The zero-order chi connectivity index (χ0) is 15.4. The van der Waals surface area contributed by atoms with Gasteiger partial charge in [0, 0.05) is 11.6 Å². The third-order valence-corrected chi connectivity index (χ3v) is 2.47. The topological polar surface area (TPSA) is 144 Å². The van der Waals surface area contributed by atoms with E-state index in [-0.39, 0.29) is 23.1 Å². The number of nitrogens with zero attached hydrogens (tertiary/aromatic N) is 6. The maximum absolute atomic E-state index is 11.1. The van der Waals surface area contributed by atoms with E-state index < -0.39 is 4.92 Å². The van der Waals surface area contributed by atoms with Crippen molar-refractivity contribution in [2.75, 3.05) is 20.0 Å². The molecular formula is C10H11N7O4. The van der Waals surface area contributed by atoms with E-state index in [1.165, 1.54) is 32.6 Å². The first-order valence-electron chi connectivity index (χ1n) is 5.55. The fourth-order valence-electron chi connectivity index (χ4n) is 1.57. The lowest BCUT2D eigenvalue weighted by molar-refractivity contribution is -0.385. The van der Waals surface area contributed by atoms with E-state index in [4.69, 9.17) is 15.2 Å². The third kappa shape index (κ3) is 2.86. The molecule has 0 unspecified atom stereocenters. The number of nitrogens with two attached hydrogens (primary N) is 1. The molecule has 0 aliphatic rings. The summed E-state index contributed by atoms with van der Waals surface area (Å²) in [5.41, 5.74) is 5.59. The molecule has 2 aromatic rings. The SMILES string of the molecule is COc1cc(/C=N/n2nnnc2N)cc([N+](=O)[O-])c1OC. The number of hydrogen-bond acceptors (Lipinski definition) is 9. The lowest BCUT2D eigenvalue weighted by Crippen LogP contribution is -2.01. The van der Waals surface area contributed by atoms with Gasteiger partial charge in [-0.2, -0.15) is 5.10 Å². The zero-order valence-electron chi connectivity index (χ0n) is 11.1. The zero-order valence-corrected chi connectivity index (χ0v) is 11.1. The first kappa shape index (κ1) is 14.2. The molecule has 0 aliphatic heterocycles.